The minimum atomic E-state index is -1.17. The molecule has 10 heteroatoms. The number of carboxylic acids is 1. The maximum absolute atomic E-state index is 13.2. The summed E-state index contributed by atoms with van der Waals surface area (Å²) in [7, 11) is 0. The molecule has 1 aliphatic heterocycles. The molecule has 0 spiro atoms. The summed E-state index contributed by atoms with van der Waals surface area (Å²) in [5.41, 5.74) is 0.896. The zero-order valence-corrected chi connectivity index (χ0v) is 16.2. The lowest BCUT2D eigenvalue weighted by molar-refractivity contribution is -0.138. The largest absolute Gasteiger partial charge is 0.489 e. The molecule has 0 radical (unpaired) electrons. The van der Waals surface area contributed by atoms with Crippen LogP contribution in [0.15, 0.2) is 42.6 Å². The number of pyridine rings is 1. The summed E-state index contributed by atoms with van der Waals surface area (Å²) in [6.07, 6.45) is 1.55. The van der Waals surface area contributed by atoms with Gasteiger partial charge in [0.25, 0.3) is 5.91 Å². The molecule has 2 heterocycles. The van der Waals surface area contributed by atoms with E-state index in [-0.39, 0.29) is 25.3 Å². The number of carboxylic acid groups (broad SMARTS) is 1. The van der Waals surface area contributed by atoms with Crippen molar-refractivity contribution in [2.75, 3.05) is 44.8 Å². The maximum atomic E-state index is 13.2. The summed E-state index contributed by atoms with van der Waals surface area (Å²) < 4.78 is 11.3. The van der Waals surface area contributed by atoms with Gasteiger partial charge in [0.05, 0.1) is 31.0 Å². The Morgan fingerprint density at radius 3 is 2.83 bits per heavy atom. The highest BCUT2D eigenvalue weighted by molar-refractivity contribution is 6.01. The van der Waals surface area contributed by atoms with Crippen LogP contribution in [0.4, 0.5) is 11.5 Å². The fraction of sp³-hybridized carbons (Fsp3) is 0.300. The van der Waals surface area contributed by atoms with Gasteiger partial charge in [0.2, 0.25) is 5.91 Å². The zero-order chi connectivity index (χ0) is 21.3. The van der Waals surface area contributed by atoms with Crippen LogP contribution in [0, 0.1) is 0 Å². The molecule has 30 heavy (non-hydrogen) atoms. The molecular formula is C20H22N4O6. The number of nitrogens with zero attached hydrogens (tertiary/aromatic N) is 2. The lowest BCUT2D eigenvalue weighted by atomic mass is 10.2. The molecule has 0 unspecified atom stereocenters. The molecule has 0 saturated carbocycles. The van der Waals surface area contributed by atoms with E-state index < -0.39 is 24.3 Å². The topological polar surface area (TPSA) is 130 Å². The first kappa shape index (κ1) is 21.1. The Hall–Kier alpha value is -3.66. The van der Waals surface area contributed by atoms with E-state index in [1.807, 2.05) is 12.1 Å². The van der Waals surface area contributed by atoms with Gasteiger partial charge in [0, 0.05) is 12.7 Å². The highest BCUT2D eigenvalue weighted by Crippen LogP contribution is 2.28. The van der Waals surface area contributed by atoms with Gasteiger partial charge >= 0.3 is 5.97 Å². The van der Waals surface area contributed by atoms with Crippen molar-refractivity contribution in [3.8, 4) is 5.75 Å². The van der Waals surface area contributed by atoms with E-state index >= 15 is 0 Å². The molecule has 3 rings (SSSR count). The van der Waals surface area contributed by atoms with Crippen molar-refractivity contribution in [1.82, 2.24) is 15.2 Å². The predicted molar refractivity (Wildman–Crippen MR) is 107 cm³/mol. The highest BCUT2D eigenvalue weighted by Gasteiger charge is 2.23. The Balaban J connectivity index is 1.88. The third kappa shape index (κ3) is 5.67. The molecule has 10 nitrogen and oxygen atoms in total. The van der Waals surface area contributed by atoms with E-state index in [9.17, 15) is 14.4 Å². The zero-order valence-electron chi connectivity index (χ0n) is 16.2. The molecular weight excluding hydrogens is 392 g/mol. The molecule has 3 N–H and O–H groups in total. The van der Waals surface area contributed by atoms with E-state index in [1.54, 1.807) is 30.5 Å². The van der Waals surface area contributed by atoms with Gasteiger partial charge in [-0.05, 0) is 24.3 Å². The smallest absolute Gasteiger partial charge is 0.322 e. The van der Waals surface area contributed by atoms with Crippen molar-refractivity contribution < 1.29 is 29.0 Å². The maximum Gasteiger partial charge on any atom is 0.322 e. The molecule has 158 valence electrons. The van der Waals surface area contributed by atoms with E-state index in [0.29, 0.717) is 30.5 Å². The summed E-state index contributed by atoms with van der Waals surface area (Å²) in [6, 6.07) is 10.5. The normalized spacial score (nSPS) is 14.5. The van der Waals surface area contributed by atoms with Crippen molar-refractivity contribution in [2.24, 2.45) is 0 Å². The van der Waals surface area contributed by atoms with E-state index in [1.165, 1.54) is 4.90 Å². The number of rotatable bonds is 4. The summed E-state index contributed by atoms with van der Waals surface area (Å²) in [6.45, 7) is 0.0995. The lowest BCUT2D eigenvalue weighted by Gasteiger charge is -2.23. The van der Waals surface area contributed by atoms with Crippen LogP contribution in [-0.4, -0.2) is 72.2 Å². The quantitative estimate of drug-likeness (QED) is 0.672. The number of para-hydroxylation sites is 2. The molecule has 0 saturated heterocycles. The summed E-state index contributed by atoms with van der Waals surface area (Å²) in [5.74, 6) is -1.27. The van der Waals surface area contributed by atoms with Crippen molar-refractivity contribution in [2.45, 2.75) is 0 Å². The van der Waals surface area contributed by atoms with E-state index in [2.05, 4.69) is 15.6 Å². The SMILES string of the molecule is O=C(O)CNC(=O)CN1CCOCCOc2ccccc2Nc2ncccc2C1=O. The molecule has 2 amide bonds. The second-order valence-corrected chi connectivity index (χ2v) is 6.38. The Kier molecular flexibility index (Phi) is 7.17. The molecule has 0 atom stereocenters. The number of ether oxygens (including phenoxy) is 2. The Morgan fingerprint density at radius 1 is 1.17 bits per heavy atom. The summed E-state index contributed by atoms with van der Waals surface area (Å²) >= 11 is 0. The number of aromatic nitrogens is 1. The number of carbonyl (C=O) groups is 3. The lowest BCUT2D eigenvalue weighted by Crippen LogP contribution is -2.43. The van der Waals surface area contributed by atoms with Crippen LogP contribution in [0.25, 0.3) is 0 Å². The van der Waals surface area contributed by atoms with Gasteiger partial charge in [-0.2, -0.15) is 0 Å². The van der Waals surface area contributed by atoms with Crippen LogP contribution in [-0.2, 0) is 14.3 Å². The molecule has 0 aliphatic carbocycles. The number of hydrogen-bond donors (Lipinski definition) is 3. The van der Waals surface area contributed by atoms with Gasteiger partial charge in [0.1, 0.15) is 24.7 Å². The number of benzene rings is 1. The van der Waals surface area contributed by atoms with Gasteiger partial charge in [-0.25, -0.2) is 4.98 Å². The van der Waals surface area contributed by atoms with Gasteiger partial charge in [-0.1, -0.05) is 12.1 Å². The number of hydrogen-bond acceptors (Lipinski definition) is 7. The number of amides is 2. The molecule has 2 aromatic rings. The van der Waals surface area contributed by atoms with Crippen LogP contribution in [0.2, 0.25) is 0 Å². The molecule has 0 bridgehead atoms. The standard InChI is InChI=1S/C20H22N4O6/c25-17(22-12-18(26)27)13-24-8-9-29-10-11-30-16-6-2-1-5-15(16)23-19-14(20(24)28)4-3-7-21-19/h1-7H,8-13H2,(H,21,23)(H,22,25)(H,26,27). The van der Waals surface area contributed by atoms with Crippen LogP contribution in [0.3, 0.4) is 0 Å². The van der Waals surface area contributed by atoms with Gasteiger partial charge in [-0.3, -0.25) is 14.4 Å². The van der Waals surface area contributed by atoms with Gasteiger partial charge in [0.15, 0.2) is 0 Å². The van der Waals surface area contributed by atoms with E-state index in [4.69, 9.17) is 14.6 Å². The first-order chi connectivity index (χ1) is 14.5. The summed E-state index contributed by atoms with van der Waals surface area (Å²) in [4.78, 5) is 41.5. The Bertz CT molecular complexity index is 920. The van der Waals surface area contributed by atoms with Gasteiger partial charge in [-0.15, -0.1) is 0 Å². The molecule has 1 aromatic heterocycles. The average molecular weight is 414 g/mol. The second kappa shape index (κ2) is 10.2. The number of fused-ring (bicyclic) bond motifs is 2. The Morgan fingerprint density at radius 2 is 2.00 bits per heavy atom. The fourth-order valence-corrected chi connectivity index (χ4v) is 2.81. The molecule has 1 aromatic carbocycles. The minimum absolute atomic E-state index is 0.139. The second-order valence-electron chi connectivity index (χ2n) is 6.38. The Labute approximate surface area is 172 Å². The first-order valence-electron chi connectivity index (χ1n) is 9.34. The monoisotopic (exact) mass is 414 g/mol. The third-order valence-electron chi connectivity index (χ3n) is 4.23. The molecule has 1 aliphatic rings. The van der Waals surface area contributed by atoms with Crippen molar-refractivity contribution in [3.63, 3.8) is 0 Å². The predicted octanol–water partition coefficient (Wildman–Crippen LogP) is 0.877. The highest BCUT2D eigenvalue weighted by atomic mass is 16.5. The summed E-state index contributed by atoms with van der Waals surface area (Å²) in [5, 5.41) is 14.1. The van der Waals surface area contributed by atoms with Crippen LogP contribution < -0.4 is 15.4 Å². The van der Waals surface area contributed by atoms with E-state index in [0.717, 1.165) is 0 Å². The third-order valence-corrected chi connectivity index (χ3v) is 4.23. The van der Waals surface area contributed by atoms with Crippen molar-refractivity contribution >= 4 is 29.3 Å². The number of aliphatic carboxylic acids is 1. The van der Waals surface area contributed by atoms with Crippen molar-refractivity contribution in [3.05, 3.63) is 48.2 Å². The van der Waals surface area contributed by atoms with Crippen LogP contribution in [0.1, 0.15) is 10.4 Å². The minimum Gasteiger partial charge on any atom is -0.489 e. The number of nitrogens with one attached hydrogen (secondary N) is 2. The number of carbonyl (C=O) groups excluding carboxylic acids is 2. The van der Waals surface area contributed by atoms with Crippen LogP contribution in [0.5, 0.6) is 5.75 Å². The van der Waals surface area contributed by atoms with Crippen LogP contribution >= 0.6 is 0 Å². The number of anilines is 2. The fourth-order valence-electron chi connectivity index (χ4n) is 2.81. The molecule has 0 fully saturated rings. The van der Waals surface area contributed by atoms with Crippen molar-refractivity contribution in [1.29, 1.82) is 0 Å². The average Bonchev–Trinajstić information content (AvgIpc) is 2.75. The van der Waals surface area contributed by atoms with Gasteiger partial charge < -0.3 is 30.1 Å². The first-order valence-corrected chi connectivity index (χ1v) is 9.34.